The first-order valence-electron chi connectivity index (χ1n) is 6.31. The Morgan fingerprint density at radius 1 is 1.11 bits per heavy atom. The number of hydrogen-bond donors (Lipinski definition) is 0. The molecular formula is C16H18OSSi. The van der Waals surface area contributed by atoms with Gasteiger partial charge in [0.1, 0.15) is 20.4 Å². The predicted molar refractivity (Wildman–Crippen MR) is 85.3 cm³/mol. The highest BCUT2D eigenvalue weighted by Crippen LogP contribution is 2.23. The van der Waals surface area contributed by atoms with E-state index < -0.39 is 8.07 Å². The van der Waals surface area contributed by atoms with Crippen LogP contribution >= 0.6 is 11.3 Å². The normalized spacial score (nSPS) is 10.7. The lowest BCUT2D eigenvalue weighted by Gasteiger charge is -2.06. The highest BCUT2D eigenvalue weighted by molar-refractivity contribution is 7.08. The topological polar surface area (TPSA) is 9.23 Å². The Balaban J connectivity index is 2.06. The molecule has 0 spiro atoms. The highest BCUT2D eigenvalue weighted by Gasteiger charge is 2.09. The van der Waals surface area contributed by atoms with Gasteiger partial charge in [-0.2, -0.15) is 0 Å². The van der Waals surface area contributed by atoms with Crippen molar-refractivity contribution < 1.29 is 4.74 Å². The van der Waals surface area contributed by atoms with E-state index in [4.69, 9.17) is 4.74 Å². The zero-order valence-electron chi connectivity index (χ0n) is 11.6. The summed E-state index contributed by atoms with van der Waals surface area (Å²) in [5, 5.41) is 4.09. The smallest absolute Gasteiger partial charge is 0.146 e. The van der Waals surface area contributed by atoms with Crippen LogP contribution in [0.25, 0.3) is 0 Å². The fraction of sp³-hybridized carbons (Fsp3) is 0.250. The van der Waals surface area contributed by atoms with E-state index in [2.05, 4.69) is 48.6 Å². The molecule has 0 unspecified atom stereocenters. The first kappa shape index (κ1) is 13.9. The van der Waals surface area contributed by atoms with E-state index in [9.17, 15) is 0 Å². The van der Waals surface area contributed by atoms with Gasteiger partial charge in [-0.05, 0) is 5.56 Å². The Morgan fingerprint density at radius 2 is 1.84 bits per heavy atom. The Kier molecular flexibility index (Phi) is 4.46. The molecule has 0 bridgehead atoms. The van der Waals surface area contributed by atoms with Crippen LogP contribution in [0.4, 0.5) is 0 Å². The van der Waals surface area contributed by atoms with Crippen LogP contribution in [0.3, 0.4) is 0 Å². The molecule has 2 aromatic rings. The van der Waals surface area contributed by atoms with Gasteiger partial charge in [0.15, 0.2) is 0 Å². The third-order valence-corrected chi connectivity index (χ3v) is 4.03. The summed E-state index contributed by atoms with van der Waals surface area (Å²) in [4.78, 5) is 0. The molecule has 0 radical (unpaired) electrons. The van der Waals surface area contributed by atoms with Crippen LogP contribution in [-0.4, -0.2) is 8.07 Å². The molecule has 98 valence electrons. The molecule has 0 fully saturated rings. The number of thiophene rings is 1. The molecule has 2 rings (SSSR count). The molecule has 1 aromatic heterocycles. The van der Waals surface area contributed by atoms with E-state index >= 15 is 0 Å². The second-order valence-corrected chi connectivity index (χ2v) is 10.9. The third kappa shape index (κ3) is 4.59. The summed E-state index contributed by atoms with van der Waals surface area (Å²) < 4.78 is 5.85. The maximum Gasteiger partial charge on any atom is 0.146 e. The molecule has 19 heavy (non-hydrogen) atoms. The summed E-state index contributed by atoms with van der Waals surface area (Å²) >= 11 is 1.64. The van der Waals surface area contributed by atoms with Gasteiger partial charge in [0.2, 0.25) is 0 Å². The fourth-order valence-electron chi connectivity index (χ4n) is 1.48. The molecule has 0 atom stereocenters. The van der Waals surface area contributed by atoms with Gasteiger partial charge < -0.3 is 4.74 Å². The molecular weight excluding hydrogens is 268 g/mol. The lowest BCUT2D eigenvalue weighted by molar-refractivity contribution is 0.307. The summed E-state index contributed by atoms with van der Waals surface area (Å²) in [5.74, 6) is 4.17. The lowest BCUT2D eigenvalue weighted by Crippen LogP contribution is -2.16. The van der Waals surface area contributed by atoms with Crippen molar-refractivity contribution >= 4 is 19.4 Å². The van der Waals surface area contributed by atoms with Gasteiger partial charge in [-0.15, -0.1) is 16.9 Å². The van der Waals surface area contributed by atoms with E-state index in [1.54, 1.807) is 11.3 Å². The molecule has 0 N–H and O–H groups in total. The summed E-state index contributed by atoms with van der Waals surface area (Å²) in [6.45, 7) is 7.34. The van der Waals surface area contributed by atoms with Crippen molar-refractivity contribution in [3.05, 3.63) is 52.2 Å². The standard InChI is InChI=1S/C16H18OSSi/c1-19(2,3)10-9-15-12-18-13-16(15)17-11-14-7-5-4-6-8-14/h4-8,12-13H,11H2,1-3H3. The van der Waals surface area contributed by atoms with Gasteiger partial charge in [-0.25, -0.2) is 0 Å². The van der Waals surface area contributed by atoms with E-state index in [1.807, 2.05) is 23.6 Å². The molecule has 1 heterocycles. The third-order valence-electron chi connectivity index (χ3n) is 2.44. The van der Waals surface area contributed by atoms with Crippen LogP contribution in [0.1, 0.15) is 11.1 Å². The first-order valence-corrected chi connectivity index (χ1v) is 10.7. The minimum absolute atomic E-state index is 0.596. The van der Waals surface area contributed by atoms with Crippen LogP contribution < -0.4 is 4.74 Å². The van der Waals surface area contributed by atoms with Crippen molar-refractivity contribution in [1.82, 2.24) is 0 Å². The summed E-state index contributed by atoms with van der Waals surface area (Å²) in [5.41, 5.74) is 5.57. The molecule has 0 aliphatic carbocycles. The summed E-state index contributed by atoms with van der Waals surface area (Å²) in [6, 6.07) is 10.2. The highest BCUT2D eigenvalue weighted by atomic mass is 32.1. The number of ether oxygens (including phenoxy) is 1. The van der Waals surface area contributed by atoms with Crippen molar-refractivity contribution in [2.24, 2.45) is 0 Å². The Bertz CT molecular complexity index is 584. The minimum atomic E-state index is -1.34. The molecule has 1 nitrogen and oxygen atoms in total. The molecule has 0 amide bonds. The largest absolute Gasteiger partial charge is 0.487 e. The van der Waals surface area contributed by atoms with Crippen LogP contribution in [0.2, 0.25) is 19.6 Å². The molecule has 0 saturated heterocycles. The van der Waals surface area contributed by atoms with E-state index in [1.165, 1.54) is 5.56 Å². The van der Waals surface area contributed by atoms with Crippen LogP contribution in [0.5, 0.6) is 5.75 Å². The first-order chi connectivity index (χ1) is 9.04. The summed E-state index contributed by atoms with van der Waals surface area (Å²) in [7, 11) is -1.34. The maximum absolute atomic E-state index is 5.85. The molecule has 3 heteroatoms. The molecule has 0 aliphatic heterocycles. The van der Waals surface area contributed by atoms with Crippen molar-refractivity contribution in [3.63, 3.8) is 0 Å². The second kappa shape index (κ2) is 6.09. The van der Waals surface area contributed by atoms with Gasteiger partial charge in [0, 0.05) is 10.8 Å². The van der Waals surface area contributed by atoms with Crippen molar-refractivity contribution in [1.29, 1.82) is 0 Å². The van der Waals surface area contributed by atoms with Gasteiger partial charge >= 0.3 is 0 Å². The van der Waals surface area contributed by atoms with Crippen molar-refractivity contribution in [2.75, 3.05) is 0 Å². The zero-order valence-corrected chi connectivity index (χ0v) is 13.4. The monoisotopic (exact) mass is 286 g/mol. The van der Waals surface area contributed by atoms with Gasteiger partial charge in [-0.3, -0.25) is 0 Å². The quantitative estimate of drug-likeness (QED) is 0.594. The second-order valence-electron chi connectivity index (χ2n) is 5.42. The average Bonchev–Trinajstić information content (AvgIpc) is 2.82. The van der Waals surface area contributed by atoms with Gasteiger partial charge in [0.05, 0.1) is 5.56 Å². The zero-order chi connectivity index (χ0) is 13.7. The SMILES string of the molecule is C[Si](C)(C)C#Cc1cscc1OCc1ccccc1. The number of rotatable bonds is 3. The molecule has 0 saturated carbocycles. The van der Waals surface area contributed by atoms with Crippen LogP contribution in [0, 0.1) is 11.5 Å². The van der Waals surface area contributed by atoms with E-state index in [0.29, 0.717) is 6.61 Å². The molecule has 0 aliphatic rings. The van der Waals surface area contributed by atoms with Crippen molar-refractivity contribution in [3.8, 4) is 17.2 Å². The Morgan fingerprint density at radius 3 is 2.53 bits per heavy atom. The van der Waals surface area contributed by atoms with Crippen LogP contribution in [0.15, 0.2) is 41.1 Å². The minimum Gasteiger partial charge on any atom is -0.487 e. The predicted octanol–water partition coefficient (Wildman–Crippen LogP) is 4.56. The van der Waals surface area contributed by atoms with Gasteiger partial charge in [0.25, 0.3) is 0 Å². The number of benzene rings is 1. The fourth-order valence-corrected chi connectivity index (χ4v) is 2.69. The summed E-state index contributed by atoms with van der Waals surface area (Å²) in [6.07, 6.45) is 0. The maximum atomic E-state index is 5.85. The average molecular weight is 286 g/mol. The van der Waals surface area contributed by atoms with Crippen LogP contribution in [-0.2, 0) is 6.61 Å². The molecule has 1 aromatic carbocycles. The van der Waals surface area contributed by atoms with Gasteiger partial charge in [-0.1, -0.05) is 55.9 Å². The Hall–Kier alpha value is -1.50. The van der Waals surface area contributed by atoms with E-state index in [0.717, 1.165) is 11.3 Å². The van der Waals surface area contributed by atoms with Crippen molar-refractivity contribution in [2.45, 2.75) is 26.2 Å². The lowest BCUT2D eigenvalue weighted by atomic mass is 10.2. The number of hydrogen-bond acceptors (Lipinski definition) is 2. The Labute approximate surface area is 120 Å². The van der Waals surface area contributed by atoms with E-state index in [-0.39, 0.29) is 0 Å².